The second kappa shape index (κ2) is 14.7. The van der Waals surface area contributed by atoms with Gasteiger partial charge in [-0.15, -0.1) is 0 Å². The van der Waals surface area contributed by atoms with Crippen LogP contribution in [0.15, 0.2) is 95.9 Å². The number of aromatic nitrogens is 1. The largest absolute Gasteiger partial charge is 0.744 e. The zero-order valence-corrected chi connectivity index (χ0v) is 27.0. The molecular formula is C31H29IN2O6S2. The fourth-order valence-electron chi connectivity index (χ4n) is 3.53. The monoisotopic (exact) mass is 716 g/mol. The third-order valence-electron chi connectivity index (χ3n) is 5.72. The van der Waals surface area contributed by atoms with Crippen molar-refractivity contribution in [1.29, 1.82) is 0 Å². The highest BCUT2D eigenvalue weighted by molar-refractivity contribution is 7.85. The summed E-state index contributed by atoms with van der Waals surface area (Å²) in [5.41, 5.74) is 3.65. The maximum atomic E-state index is 12.8. The number of thiazole rings is 1. The topological polar surface area (TPSA) is 118 Å². The van der Waals surface area contributed by atoms with Crippen LogP contribution in [0.5, 0.6) is 5.75 Å². The quantitative estimate of drug-likeness (QED) is 0.108. The first-order valence-corrected chi connectivity index (χ1v) is 17.3. The van der Waals surface area contributed by atoms with Crippen LogP contribution in [0.2, 0.25) is 0 Å². The summed E-state index contributed by atoms with van der Waals surface area (Å²) in [6.45, 7) is 6.65. The van der Waals surface area contributed by atoms with Gasteiger partial charge in [-0.25, -0.2) is 13.4 Å². The molecule has 0 bridgehead atoms. The Balaban J connectivity index is 0.000000310. The first kappa shape index (κ1) is 31.6. The molecule has 5 aromatic rings. The number of carbonyl (C=O) groups excluding carboxylic acids is 1. The Morgan fingerprint density at radius 2 is 1.62 bits per heavy atom. The molecule has 1 amide bonds. The molecule has 1 heterocycles. The van der Waals surface area contributed by atoms with Gasteiger partial charge in [-0.2, -0.15) is 0 Å². The van der Waals surface area contributed by atoms with Gasteiger partial charge >= 0.3 is 21.2 Å². The molecule has 0 unspecified atom stereocenters. The van der Waals surface area contributed by atoms with Crippen molar-refractivity contribution in [3.05, 3.63) is 115 Å². The number of nitrogens with zero attached hydrogens (tertiary/aromatic N) is 1. The summed E-state index contributed by atoms with van der Waals surface area (Å²) >= 11 is 1.09. The van der Waals surface area contributed by atoms with E-state index in [4.69, 9.17) is 9.47 Å². The highest BCUT2D eigenvalue weighted by Crippen LogP contribution is 2.29. The number of halogens is 1. The zero-order chi connectivity index (χ0) is 30.1. The van der Waals surface area contributed by atoms with Crippen LogP contribution < -0.4 is 31.3 Å². The summed E-state index contributed by atoms with van der Waals surface area (Å²) in [6, 6.07) is 27.9. The molecule has 0 spiro atoms. The van der Waals surface area contributed by atoms with E-state index in [1.165, 1.54) is 36.2 Å². The van der Waals surface area contributed by atoms with Crippen molar-refractivity contribution in [2.75, 3.05) is 18.7 Å². The van der Waals surface area contributed by atoms with Crippen molar-refractivity contribution in [3.8, 4) is 5.75 Å². The van der Waals surface area contributed by atoms with Gasteiger partial charge < -0.3 is 14.0 Å². The van der Waals surface area contributed by atoms with Crippen LogP contribution in [0.4, 0.5) is 5.13 Å². The van der Waals surface area contributed by atoms with Crippen LogP contribution in [0.1, 0.15) is 28.4 Å². The summed E-state index contributed by atoms with van der Waals surface area (Å²) < 4.78 is 45.4. The number of carbonyl (C=O) groups is 1. The van der Waals surface area contributed by atoms with Gasteiger partial charge in [0.1, 0.15) is 15.9 Å². The lowest BCUT2D eigenvalue weighted by Gasteiger charge is -2.05. The van der Waals surface area contributed by atoms with Crippen LogP contribution >= 0.6 is 11.3 Å². The summed E-state index contributed by atoms with van der Waals surface area (Å²) in [5, 5.41) is 3.50. The first-order valence-electron chi connectivity index (χ1n) is 12.9. The van der Waals surface area contributed by atoms with E-state index in [2.05, 4.69) is 47.6 Å². The third kappa shape index (κ3) is 9.33. The molecule has 0 aliphatic rings. The fraction of sp³-hybridized carbons (Fsp3) is 0.161. The van der Waals surface area contributed by atoms with Gasteiger partial charge in [0.25, 0.3) is 5.91 Å². The maximum absolute atomic E-state index is 12.8. The van der Waals surface area contributed by atoms with Crippen LogP contribution in [0.25, 0.3) is 10.2 Å². The van der Waals surface area contributed by atoms with E-state index in [1.54, 1.807) is 12.1 Å². The standard InChI is InChI=1S/C24H21IN2O3S.C7H8O3S/c1-3-29-15-30-20-11-12-21-22(14-20)31-24(26-21)27-23(28)17-5-4-6-19(13-17)25-18-9-7-16(2)8-10-18;1-6-2-4-7(5-3-6)11(8,9)10/h4-14H,3,15H2,1-2H3;2-5H,1H3,(H,8,9,10). The number of aryl methyl sites for hydroxylation is 2. The van der Waals surface area contributed by atoms with Crippen molar-refractivity contribution < 1.29 is 48.4 Å². The van der Waals surface area contributed by atoms with E-state index in [0.29, 0.717) is 17.3 Å². The summed E-state index contributed by atoms with van der Waals surface area (Å²) in [6.07, 6.45) is 0. The zero-order valence-electron chi connectivity index (χ0n) is 23.2. The van der Waals surface area contributed by atoms with Crippen LogP contribution in [0, 0.1) is 21.0 Å². The summed E-state index contributed by atoms with van der Waals surface area (Å²) in [5.74, 6) is 0.567. The van der Waals surface area contributed by atoms with Gasteiger partial charge in [-0.05, 0) is 75.4 Å². The molecule has 0 radical (unpaired) electrons. The molecule has 11 heteroatoms. The van der Waals surface area contributed by atoms with Crippen molar-refractivity contribution in [1.82, 2.24) is 4.98 Å². The lowest BCUT2D eigenvalue weighted by atomic mass is 10.2. The Hall–Kier alpha value is -3.36. The lowest BCUT2D eigenvalue weighted by Crippen LogP contribution is -3.61. The minimum absolute atomic E-state index is 0.151. The number of fused-ring (bicyclic) bond motifs is 1. The molecule has 8 nitrogen and oxygen atoms in total. The maximum Gasteiger partial charge on any atom is 0.357 e. The van der Waals surface area contributed by atoms with Crippen LogP contribution in [0.3, 0.4) is 0 Å². The summed E-state index contributed by atoms with van der Waals surface area (Å²) in [7, 11) is -4.27. The van der Waals surface area contributed by atoms with E-state index >= 15 is 0 Å². The van der Waals surface area contributed by atoms with E-state index in [-0.39, 0.29) is 38.8 Å². The molecule has 1 N–H and O–H groups in total. The van der Waals surface area contributed by atoms with Gasteiger partial charge in [0.2, 0.25) is 0 Å². The molecule has 218 valence electrons. The molecular weight excluding hydrogens is 687 g/mol. The van der Waals surface area contributed by atoms with Gasteiger partial charge in [0.05, 0.1) is 15.1 Å². The Morgan fingerprint density at radius 3 is 2.29 bits per heavy atom. The number of ether oxygens (including phenoxy) is 2. The average molecular weight is 717 g/mol. The average Bonchev–Trinajstić information content (AvgIpc) is 3.36. The molecule has 42 heavy (non-hydrogen) atoms. The molecule has 0 aliphatic heterocycles. The molecule has 0 saturated heterocycles. The van der Waals surface area contributed by atoms with E-state index in [9.17, 15) is 17.8 Å². The van der Waals surface area contributed by atoms with Gasteiger partial charge in [0.15, 0.2) is 19.1 Å². The Labute approximate surface area is 259 Å². The minimum atomic E-state index is -4.27. The highest BCUT2D eigenvalue weighted by atomic mass is 127. The SMILES string of the molecule is CCOCOc1ccc2nc(NC(=O)c3cccc([I+]c4ccc(C)cc4)c3)sc2c1.Cc1ccc(S(=O)(=O)[O-])cc1. The highest BCUT2D eigenvalue weighted by Gasteiger charge is 2.18. The normalized spacial score (nSPS) is 11.0. The van der Waals surface area contributed by atoms with Gasteiger partial charge in [-0.1, -0.05) is 52.8 Å². The molecule has 0 aliphatic carbocycles. The van der Waals surface area contributed by atoms with Crippen molar-refractivity contribution >= 4 is 42.7 Å². The van der Waals surface area contributed by atoms with Crippen LogP contribution in [-0.2, 0) is 14.9 Å². The molecule has 0 fully saturated rings. The lowest BCUT2D eigenvalue weighted by molar-refractivity contribution is -0.597. The second-order valence-electron chi connectivity index (χ2n) is 9.03. The Morgan fingerprint density at radius 1 is 0.929 bits per heavy atom. The smallest absolute Gasteiger partial charge is 0.357 e. The predicted octanol–water partition coefficient (Wildman–Crippen LogP) is 3.26. The number of rotatable bonds is 9. The fourth-order valence-corrected chi connectivity index (χ4v) is 7.20. The minimum Gasteiger partial charge on any atom is -0.744 e. The third-order valence-corrected chi connectivity index (χ3v) is 10.1. The molecule has 0 atom stereocenters. The van der Waals surface area contributed by atoms with Crippen molar-refractivity contribution in [2.24, 2.45) is 0 Å². The number of nitrogens with one attached hydrogen (secondary N) is 1. The Bertz CT molecular complexity index is 1760. The van der Waals surface area contributed by atoms with Gasteiger partial charge in [0, 0.05) is 18.2 Å². The molecule has 1 aromatic heterocycles. The van der Waals surface area contributed by atoms with Crippen LogP contribution in [-0.4, -0.2) is 37.3 Å². The van der Waals surface area contributed by atoms with E-state index in [0.717, 1.165) is 21.5 Å². The predicted molar refractivity (Wildman–Crippen MR) is 159 cm³/mol. The van der Waals surface area contributed by atoms with E-state index in [1.807, 2.05) is 50.2 Å². The number of hydrogen-bond acceptors (Lipinski definition) is 8. The summed E-state index contributed by atoms with van der Waals surface area (Å²) in [4.78, 5) is 17.2. The molecule has 0 saturated carbocycles. The molecule has 5 rings (SSSR count). The first-order chi connectivity index (χ1) is 20.1. The van der Waals surface area contributed by atoms with Crippen molar-refractivity contribution in [2.45, 2.75) is 25.7 Å². The molecule has 4 aromatic carbocycles. The number of anilines is 1. The Kier molecular flexibility index (Phi) is 11.0. The van der Waals surface area contributed by atoms with Crippen molar-refractivity contribution in [3.63, 3.8) is 0 Å². The number of hydrogen-bond donors (Lipinski definition) is 1. The number of amides is 1. The van der Waals surface area contributed by atoms with Gasteiger partial charge in [-0.3, -0.25) is 10.1 Å². The van der Waals surface area contributed by atoms with E-state index < -0.39 is 10.1 Å². The second-order valence-corrected chi connectivity index (χ2v) is 14.5. The number of benzene rings is 4.